The Bertz CT molecular complexity index is 434. The molecule has 0 aliphatic heterocycles. The van der Waals surface area contributed by atoms with Gasteiger partial charge in [0, 0.05) is 12.1 Å². The van der Waals surface area contributed by atoms with E-state index >= 15 is 0 Å². The second-order valence-corrected chi connectivity index (χ2v) is 4.81. The number of rotatable bonds is 5. The normalized spacial score (nSPS) is 15.1. The molecule has 0 saturated heterocycles. The van der Waals surface area contributed by atoms with Gasteiger partial charge in [0.1, 0.15) is 0 Å². The van der Waals surface area contributed by atoms with Crippen molar-refractivity contribution in [3.63, 3.8) is 0 Å². The van der Waals surface area contributed by atoms with E-state index in [1.165, 1.54) is 6.07 Å². The molecule has 1 aromatic rings. The second kappa shape index (κ2) is 5.69. The summed E-state index contributed by atoms with van der Waals surface area (Å²) in [5, 5.41) is 12.1. The molecule has 1 rings (SSSR count). The van der Waals surface area contributed by atoms with Crippen molar-refractivity contribution in [2.45, 2.75) is 38.4 Å². The predicted molar refractivity (Wildman–Crippen MR) is 69.9 cm³/mol. The van der Waals surface area contributed by atoms with Crippen LogP contribution in [0.4, 0.5) is 24.5 Å². The first-order valence-corrected chi connectivity index (χ1v) is 6.07. The van der Waals surface area contributed by atoms with Crippen LogP contribution in [0.25, 0.3) is 0 Å². The van der Waals surface area contributed by atoms with Gasteiger partial charge in [0.25, 0.3) is 0 Å². The van der Waals surface area contributed by atoms with Crippen molar-refractivity contribution < 1.29 is 18.3 Å². The molecule has 1 aromatic carbocycles. The van der Waals surface area contributed by atoms with E-state index in [1.807, 2.05) is 13.8 Å². The Balaban J connectivity index is 2.97. The van der Waals surface area contributed by atoms with E-state index in [9.17, 15) is 13.2 Å². The summed E-state index contributed by atoms with van der Waals surface area (Å²) < 4.78 is 37.5. The van der Waals surface area contributed by atoms with Crippen molar-refractivity contribution in [3.05, 3.63) is 23.8 Å². The van der Waals surface area contributed by atoms with E-state index in [0.29, 0.717) is 18.5 Å². The monoisotopic (exact) mass is 276 g/mol. The highest BCUT2D eigenvalue weighted by molar-refractivity contribution is 5.68. The molecule has 6 heteroatoms. The highest BCUT2D eigenvalue weighted by atomic mass is 19.4. The lowest BCUT2D eigenvalue weighted by atomic mass is 9.94. The predicted octanol–water partition coefficient (Wildman–Crippen LogP) is 3.25. The zero-order valence-electron chi connectivity index (χ0n) is 11.0. The third-order valence-electron chi connectivity index (χ3n) is 3.26. The van der Waals surface area contributed by atoms with Gasteiger partial charge in [-0.15, -0.1) is 0 Å². The van der Waals surface area contributed by atoms with Crippen LogP contribution < -0.4 is 11.1 Å². The van der Waals surface area contributed by atoms with Gasteiger partial charge >= 0.3 is 6.18 Å². The molecule has 0 aliphatic carbocycles. The Morgan fingerprint density at radius 3 is 2.37 bits per heavy atom. The number of hydrogen-bond donors (Lipinski definition) is 3. The Morgan fingerprint density at radius 1 is 1.32 bits per heavy atom. The Hall–Kier alpha value is -1.43. The molecule has 19 heavy (non-hydrogen) atoms. The minimum atomic E-state index is -4.40. The molecule has 0 saturated carbocycles. The van der Waals surface area contributed by atoms with Crippen LogP contribution in [0, 0.1) is 0 Å². The van der Waals surface area contributed by atoms with Crippen LogP contribution in [-0.2, 0) is 6.18 Å². The first-order chi connectivity index (χ1) is 8.72. The maximum absolute atomic E-state index is 12.5. The quantitative estimate of drug-likeness (QED) is 0.723. The average Bonchev–Trinajstić information content (AvgIpc) is 2.31. The molecule has 0 spiro atoms. The molecule has 108 valence electrons. The summed E-state index contributed by atoms with van der Waals surface area (Å²) in [4.78, 5) is 0. The van der Waals surface area contributed by atoms with E-state index in [1.54, 1.807) is 0 Å². The smallest absolute Gasteiger partial charge is 0.397 e. The number of hydrogen-bond acceptors (Lipinski definition) is 3. The van der Waals surface area contributed by atoms with Gasteiger partial charge in [-0.2, -0.15) is 13.2 Å². The maximum atomic E-state index is 12.5. The third-order valence-corrected chi connectivity index (χ3v) is 3.26. The summed E-state index contributed by atoms with van der Waals surface area (Å²) in [6.45, 7) is 3.82. The molecule has 0 fully saturated rings. The molecule has 1 unspecified atom stereocenters. The van der Waals surface area contributed by atoms with E-state index < -0.39 is 17.3 Å². The van der Waals surface area contributed by atoms with Gasteiger partial charge in [-0.1, -0.05) is 6.92 Å². The summed E-state index contributed by atoms with van der Waals surface area (Å²) in [7, 11) is 0. The number of halogens is 3. The number of nitrogens with two attached hydrogens (primary N) is 1. The number of aliphatic hydroxyl groups is 1. The van der Waals surface area contributed by atoms with Gasteiger partial charge in [0.05, 0.1) is 16.9 Å². The molecular weight excluding hydrogens is 257 g/mol. The SMILES string of the molecule is CCC(C)(CCO)Nc1ccc(C(F)(F)F)cc1N. The van der Waals surface area contributed by atoms with Gasteiger partial charge in [-0.3, -0.25) is 0 Å². The van der Waals surface area contributed by atoms with Crippen LogP contribution in [0.1, 0.15) is 32.3 Å². The Labute approximate surface area is 110 Å². The van der Waals surface area contributed by atoms with Gasteiger partial charge in [0.2, 0.25) is 0 Å². The molecule has 3 nitrogen and oxygen atoms in total. The van der Waals surface area contributed by atoms with E-state index in [4.69, 9.17) is 10.8 Å². The fraction of sp³-hybridized carbons (Fsp3) is 0.538. The van der Waals surface area contributed by atoms with Crippen molar-refractivity contribution in [1.29, 1.82) is 0 Å². The number of anilines is 2. The number of aliphatic hydroxyl groups excluding tert-OH is 1. The van der Waals surface area contributed by atoms with Gasteiger partial charge < -0.3 is 16.2 Å². The average molecular weight is 276 g/mol. The number of nitrogen functional groups attached to an aromatic ring is 1. The van der Waals surface area contributed by atoms with Gasteiger partial charge in [-0.25, -0.2) is 0 Å². The molecule has 0 bridgehead atoms. The molecule has 0 aromatic heterocycles. The first-order valence-electron chi connectivity index (χ1n) is 6.07. The van der Waals surface area contributed by atoms with Crippen LogP contribution in [-0.4, -0.2) is 17.3 Å². The van der Waals surface area contributed by atoms with Crippen LogP contribution in [0.15, 0.2) is 18.2 Å². The number of benzene rings is 1. The molecule has 0 radical (unpaired) electrons. The lowest BCUT2D eigenvalue weighted by Gasteiger charge is -2.31. The van der Waals surface area contributed by atoms with Crippen molar-refractivity contribution in [1.82, 2.24) is 0 Å². The van der Waals surface area contributed by atoms with Crippen molar-refractivity contribution in [2.24, 2.45) is 0 Å². The largest absolute Gasteiger partial charge is 0.416 e. The molecule has 4 N–H and O–H groups in total. The fourth-order valence-electron chi connectivity index (χ4n) is 1.75. The summed E-state index contributed by atoms with van der Waals surface area (Å²) in [5.41, 5.74) is 4.98. The minimum Gasteiger partial charge on any atom is -0.397 e. The van der Waals surface area contributed by atoms with E-state index in [2.05, 4.69) is 5.32 Å². The van der Waals surface area contributed by atoms with Crippen LogP contribution in [0.5, 0.6) is 0 Å². The topological polar surface area (TPSA) is 58.3 Å². The number of alkyl halides is 3. The zero-order chi connectivity index (χ0) is 14.7. The zero-order valence-corrected chi connectivity index (χ0v) is 11.0. The summed E-state index contributed by atoms with van der Waals surface area (Å²) in [5.74, 6) is 0. The fourth-order valence-corrected chi connectivity index (χ4v) is 1.75. The van der Waals surface area contributed by atoms with Gasteiger partial charge in [0.15, 0.2) is 0 Å². The maximum Gasteiger partial charge on any atom is 0.416 e. The Morgan fingerprint density at radius 2 is 1.95 bits per heavy atom. The van der Waals surface area contributed by atoms with E-state index in [-0.39, 0.29) is 12.3 Å². The van der Waals surface area contributed by atoms with Crippen LogP contribution in [0.2, 0.25) is 0 Å². The Kier molecular flexibility index (Phi) is 4.68. The summed E-state index contributed by atoms with van der Waals surface area (Å²) in [6, 6.07) is 3.23. The third kappa shape index (κ3) is 4.02. The lowest BCUT2D eigenvalue weighted by molar-refractivity contribution is -0.137. The highest BCUT2D eigenvalue weighted by Crippen LogP contribution is 2.34. The molecule has 0 aliphatic rings. The molecular formula is C13H19F3N2O. The molecule has 0 heterocycles. The van der Waals surface area contributed by atoms with Crippen molar-refractivity contribution in [3.8, 4) is 0 Å². The van der Waals surface area contributed by atoms with Crippen LogP contribution >= 0.6 is 0 Å². The first kappa shape index (κ1) is 15.6. The second-order valence-electron chi connectivity index (χ2n) is 4.81. The number of nitrogens with one attached hydrogen (secondary N) is 1. The summed E-state index contributed by atoms with van der Waals surface area (Å²) >= 11 is 0. The lowest BCUT2D eigenvalue weighted by Crippen LogP contribution is -2.35. The van der Waals surface area contributed by atoms with E-state index in [0.717, 1.165) is 12.1 Å². The van der Waals surface area contributed by atoms with Gasteiger partial charge in [-0.05, 0) is 38.0 Å². The summed E-state index contributed by atoms with van der Waals surface area (Å²) in [6.07, 6.45) is -3.19. The minimum absolute atomic E-state index is 0.00210. The van der Waals surface area contributed by atoms with Crippen molar-refractivity contribution >= 4 is 11.4 Å². The standard InChI is InChI=1S/C13H19F3N2O/c1-3-12(2,6-7-19)18-11-5-4-9(8-10(11)17)13(14,15)16/h4-5,8,18-19H,3,6-7,17H2,1-2H3. The van der Waals surface area contributed by atoms with Crippen LogP contribution in [0.3, 0.4) is 0 Å². The molecule has 1 atom stereocenters. The molecule has 0 amide bonds. The van der Waals surface area contributed by atoms with Crippen molar-refractivity contribution in [2.75, 3.05) is 17.7 Å². The highest BCUT2D eigenvalue weighted by Gasteiger charge is 2.31.